The fourth-order valence-corrected chi connectivity index (χ4v) is 4.27. The van der Waals surface area contributed by atoms with Crippen molar-refractivity contribution in [3.8, 4) is 6.07 Å². The van der Waals surface area contributed by atoms with Gasteiger partial charge < -0.3 is 25.2 Å². The van der Waals surface area contributed by atoms with Crippen LogP contribution in [0, 0.1) is 11.3 Å². The standard InChI is InChI=1S/C25H29FN8O4/c1-15(36)24(37)34-8-7-22(19(26)11-34)38-18-6-5-17(4-3-16(9-18)10-27)23-28-14-29-25(31-23)30-20-12-33(2)32-21(20)13-35/h4,6,12,14-15,17,19,22,35-36H,5,7-9,11,13H2,1-2H3,(H,28,29,30,31)/t3?,15-,17?,19+,22-/m0/s1. The summed E-state index contributed by atoms with van der Waals surface area (Å²) in [6.45, 7) is 1.20. The van der Waals surface area contributed by atoms with Crippen LogP contribution in [0.15, 0.2) is 41.7 Å². The quantitative estimate of drug-likeness (QED) is 0.453. The van der Waals surface area contributed by atoms with Gasteiger partial charge in [0.25, 0.3) is 5.91 Å². The van der Waals surface area contributed by atoms with E-state index in [2.05, 4.69) is 37.2 Å². The average molecular weight is 525 g/mol. The Bertz CT molecular complexity index is 1310. The van der Waals surface area contributed by atoms with Crippen molar-refractivity contribution in [3.63, 3.8) is 0 Å². The largest absolute Gasteiger partial charge is 0.492 e. The molecule has 1 unspecified atom stereocenters. The molecule has 1 saturated heterocycles. The molecule has 1 amide bonds. The van der Waals surface area contributed by atoms with E-state index in [1.165, 1.54) is 18.2 Å². The summed E-state index contributed by atoms with van der Waals surface area (Å²) in [5.41, 5.74) is 4.31. The predicted molar refractivity (Wildman–Crippen MR) is 132 cm³/mol. The highest BCUT2D eigenvalue weighted by Crippen LogP contribution is 2.28. The van der Waals surface area contributed by atoms with Gasteiger partial charge in [-0.3, -0.25) is 9.48 Å². The van der Waals surface area contributed by atoms with Gasteiger partial charge in [-0.05, 0) is 25.5 Å². The summed E-state index contributed by atoms with van der Waals surface area (Å²) in [7, 11) is 1.73. The van der Waals surface area contributed by atoms with Crippen LogP contribution in [0.2, 0.25) is 0 Å². The highest BCUT2D eigenvalue weighted by Gasteiger charge is 2.34. The molecule has 200 valence electrons. The highest BCUT2D eigenvalue weighted by atomic mass is 19.1. The van der Waals surface area contributed by atoms with Crippen molar-refractivity contribution in [1.29, 1.82) is 5.26 Å². The molecule has 0 bridgehead atoms. The molecule has 38 heavy (non-hydrogen) atoms. The monoisotopic (exact) mass is 524 g/mol. The summed E-state index contributed by atoms with van der Waals surface area (Å²) in [5.74, 6) is 0.245. The van der Waals surface area contributed by atoms with Gasteiger partial charge in [0.1, 0.15) is 36.1 Å². The van der Waals surface area contributed by atoms with Crippen molar-refractivity contribution in [1.82, 2.24) is 29.6 Å². The number of aliphatic hydroxyl groups excluding tert-OH is 2. The molecule has 12 nitrogen and oxygen atoms in total. The molecule has 0 saturated carbocycles. The number of rotatable bonds is 7. The fourth-order valence-electron chi connectivity index (χ4n) is 4.27. The molecule has 2 aromatic heterocycles. The van der Waals surface area contributed by atoms with Crippen molar-refractivity contribution in [2.24, 2.45) is 7.05 Å². The number of piperidine rings is 1. The zero-order valence-corrected chi connectivity index (χ0v) is 21.1. The van der Waals surface area contributed by atoms with Gasteiger partial charge in [-0.25, -0.2) is 14.4 Å². The summed E-state index contributed by atoms with van der Waals surface area (Å²) in [5, 5.41) is 35.8. The Morgan fingerprint density at radius 2 is 2.26 bits per heavy atom. The summed E-state index contributed by atoms with van der Waals surface area (Å²) < 4.78 is 22.4. The number of halogens is 1. The van der Waals surface area contributed by atoms with Crippen molar-refractivity contribution < 1.29 is 24.1 Å². The molecule has 1 aliphatic heterocycles. The molecule has 1 aliphatic carbocycles. The van der Waals surface area contributed by atoms with Gasteiger partial charge in [-0.1, -0.05) is 0 Å². The van der Waals surface area contributed by atoms with E-state index in [0.29, 0.717) is 35.0 Å². The van der Waals surface area contributed by atoms with Crippen LogP contribution < -0.4 is 5.32 Å². The topological polar surface area (TPSA) is 162 Å². The third-order valence-corrected chi connectivity index (χ3v) is 6.22. The molecular weight excluding hydrogens is 495 g/mol. The number of carbonyl (C=O) groups is 1. The number of allylic oxidation sites excluding steroid dienone is 2. The Morgan fingerprint density at radius 1 is 1.45 bits per heavy atom. The van der Waals surface area contributed by atoms with E-state index in [4.69, 9.17) is 4.74 Å². The number of aliphatic hydroxyl groups is 2. The van der Waals surface area contributed by atoms with E-state index in [1.807, 2.05) is 0 Å². The van der Waals surface area contributed by atoms with Gasteiger partial charge >= 0.3 is 0 Å². The lowest BCUT2D eigenvalue weighted by atomic mass is 9.99. The number of hydrogen-bond acceptors (Lipinski definition) is 10. The first kappa shape index (κ1) is 26.9. The van der Waals surface area contributed by atoms with Gasteiger partial charge in [0.15, 0.2) is 6.17 Å². The van der Waals surface area contributed by atoms with Gasteiger partial charge in [-0.15, -0.1) is 5.73 Å². The Balaban J connectivity index is 1.49. The van der Waals surface area contributed by atoms with Crippen molar-refractivity contribution in [3.05, 3.63) is 53.3 Å². The van der Waals surface area contributed by atoms with E-state index < -0.39 is 24.3 Å². The molecule has 1 fully saturated rings. The maximum atomic E-state index is 14.9. The predicted octanol–water partition coefficient (Wildman–Crippen LogP) is 1.54. The number of hydrogen-bond donors (Lipinski definition) is 3. The number of aromatic nitrogens is 5. The summed E-state index contributed by atoms with van der Waals surface area (Å²) in [6, 6.07) is 2.10. The minimum absolute atomic E-state index is 0.161. The lowest BCUT2D eigenvalue weighted by Crippen LogP contribution is -2.50. The number of alkyl halides is 1. The second-order valence-corrected chi connectivity index (χ2v) is 9.13. The molecule has 3 heterocycles. The first-order chi connectivity index (χ1) is 18.3. The molecule has 2 aromatic rings. The van der Waals surface area contributed by atoms with Crippen LogP contribution in [0.25, 0.3) is 0 Å². The zero-order chi connectivity index (χ0) is 27.2. The Morgan fingerprint density at radius 3 is 2.97 bits per heavy atom. The molecule has 0 aromatic carbocycles. The normalized spacial score (nSPS) is 22.4. The minimum Gasteiger partial charge on any atom is -0.492 e. The number of aryl methyl sites for hydroxylation is 1. The number of nitriles is 1. The fraction of sp³-hybridized carbons (Fsp3) is 0.480. The number of nitrogens with one attached hydrogen (secondary N) is 1. The third kappa shape index (κ3) is 6.41. The molecule has 0 spiro atoms. The molecular formula is C25H29FN8O4. The second-order valence-electron chi connectivity index (χ2n) is 9.13. The number of carbonyl (C=O) groups excluding carboxylic acids is 1. The molecule has 2 aliphatic rings. The van der Waals surface area contributed by atoms with Gasteiger partial charge in [0.2, 0.25) is 5.95 Å². The Labute approximate surface area is 218 Å². The van der Waals surface area contributed by atoms with Crippen LogP contribution in [0.4, 0.5) is 16.0 Å². The van der Waals surface area contributed by atoms with Crippen molar-refractivity contribution in [2.45, 2.75) is 57.1 Å². The molecule has 13 heteroatoms. The molecule has 0 radical (unpaired) electrons. The first-order valence-electron chi connectivity index (χ1n) is 12.2. The zero-order valence-electron chi connectivity index (χ0n) is 21.1. The first-order valence-corrected chi connectivity index (χ1v) is 12.2. The second kappa shape index (κ2) is 12.0. The van der Waals surface area contributed by atoms with E-state index in [1.54, 1.807) is 30.1 Å². The van der Waals surface area contributed by atoms with E-state index in [-0.39, 0.29) is 44.4 Å². The van der Waals surface area contributed by atoms with Crippen LogP contribution in [0.3, 0.4) is 0 Å². The van der Waals surface area contributed by atoms with Crippen LogP contribution in [-0.2, 0) is 23.2 Å². The molecule has 3 N–H and O–H groups in total. The SMILES string of the molecule is C[C@H](O)C(=O)N1CC[C@H](OC2=CCC(c3ncnc(Nc4cn(C)nc4CO)n3)C=C=C(C#N)C2)[C@H](F)C1. The number of ether oxygens (including phenoxy) is 1. The summed E-state index contributed by atoms with van der Waals surface area (Å²) >= 11 is 0. The maximum absolute atomic E-state index is 14.9. The molecule has 4 rings (SSSR count). The number of nitrogens with zero attached hydrogens (tertiary/aromatic N) is 7. The van der Waals surface area contributed by atoms with Gasteiger partial charge in [0.05, 0.1) is 30.2 Å². The summed E-state index contributed by atoms with van der Waals surface area (Å²) in [6.07, 6.45) is 3.99. The Kier molecular flexibility index (Phi) is 8.48. The van der Waals surface area contributed by atoms with E-state index >= 15 is 0 Å². The van der Waals surface area contributed by atoms with Gasteiger partial charge in [0, 0.05) is 38.5 Å². The lowest BCUT2D eigenvalue weighted by molar-refractivity contribution is -0.144. The van der Waals surface area contributed by atoms with Crippen molar-refractivity contribution >= 4 is 17.5 Å². The van der Waals surface area contributed by atoms with Crippen molar-refractivity contribution in [2.75, 3.05) is 18.4 Å². The van der Waals surface area contributed by atoms with Crippen LogP contribution in [0.1, 0.15) is 43.6 Å². The number of amides is 1. The minimum atomic E-state index is -1.44. The Hall–Kier alpha value is -4.11. The van der Waals surface area contributed by atoms with E-state index in [0.717, 1.165) is 0 Å². The third-order valence-electron chi connectivity index (χ3n) is 6.22. The molecule has 4 atom stereocenters. The lowest BCUT2D eigenvalue weighted by Gasteiger charge is -2.35. The summed E-state index contributed by atoms with van der Waals surface area (Å²) in [4.78, 5) is 26.2. The number of likely N-dealkylation sites (tertiary alicyclic amines) is 1. The smallest absolute Gasteiger partial charge is 0.251 e. The van der Waals surface area contributed by atoms with Crippen LogP contribution in [0.5, 0.6) is 0 Å². The highest BCUT2D eigenvalue weighted by molar-refractivity contribution is 5.80. The van der Waals surface area contributed by atoms with Gasteiger partial charge in [-0.2, -0.15) is 15.3 Å². The van der Waals surface area contributed by atoms with Crippen LogP contribution in [-0.4, -0.2) is 77.2 Å². The van der Waals surface area contributed by atoms with Crippen LogP contribution >= 0.6 is 0 Å². The van der Waals surface area contributed by atoms with E-state index in [9.17, 15) is 24.7 Å². The average Bonchev–Trinajstić information content (AvgIpc) is 3.25. The number of anilines is 2. The maximum Gasteiger partial charge on any atom is 0.251 e.